The molecule has 17 heavy (non-hydrogen) atoms. The second-order valence-corrected chi connectivity index (χ2v) is 5.01. The van der Waals surface area contributed by atoms with Crippen LogP contribution in [0, 0.1) is 0 Å². The fraction of sp³-hybridized carbons (Fsp3) is 0.545. The van der Waals surface area contributed by atoms with Gasteiger partial charge >= 0.3 is 110 Å². The SMILES string of the molecule is O=BCN1CCC(Oc2ccc(Br)cn2)CC1. The molecular weight excluding hydrogens is 283 g/mol. The molecule has 1 aliphatic heterocycles. The molecule has 2 rings (SSSR count). The van der Waals surface area contributed by atoms with Gasteiger partial charge in [-0.25, -0.2) is 0 Å². The normalized spacial score (nSPS) is 17.7. The summed E-state index contributed by atoms with van der Waals surface area (Å²) in [4.78, 5) is 6.33. The number of rotatable bonds is 4. The first-order valence-electron chi connectivity index (χ1n) is 5.72. The first kappa shape index (κ1) is 12.7. The van der Waals surface area contributed by atoms with E-state index >= 15 is 0 Å². The van der Waals surface area contributed by atoms with Gasteiger partial charge in [-0.1, -0.05) is 0 Å². The van der Waals surface area contributed by atoms with E-state index in [2.05, 4.69) is 25.8 Å². The first-order valence-corrected chi connectivity index (χ1v) is 6.51. The number of ether oxygens (including phenoxy) is 1. The molecule has 0 unspecified atom stereocenters. The molecule has 0 bridgehead atoms. The van der Waals surface area contributed by atoms with E-state index in [1.807, 2.05) is 12.1 Å². The van der Waals surface area contributed by atoms with Gasteiger partial charge < -0.3 is 0 Å². The van der Waals surface area contributed by atoms with E-state index in [0.717, 1.165) is 37.6 Å². The zero-order valence-electron chi connectivity index (χ0n) is 9.51. The van der Waals surface area contributed by atoms with Gasteiger partial charge in [0.1, 0.15) is 0 Å². The predicted molar refractivity (Wildman–Crippen MR) is 68.5 cm³/mol. The Balaban J connectivity index is 1.81. The van der Waals surface area contributed by atoms with E-state index in [-0.39, 0.29) is 6.10 Å². The van der Waals surface area contributed by atoms with E-state index in [1.54, 1.807) is 6.20 Å². The zero-order chi connectivity index (χ0) is 12.1. The van der Waals surface area contributed by atoms with Crippen LogP contribution in [0.4, 0.5) is 0 Å². The summed E-state index contributed by atoms with van der Waals surface area (Å²) < 4.78 is 17.1. The summed E-state index contributed by atoms with van der Waals surface area (Å²) in [6, 6.07) is 3.78. The Hall–Kier alpha value is -0.745. The van der Waals surface area contributed by atoms with Crippen LogP contribution >= 0.6 is 15.9 Å². The number of piperidine rings is 1. The van der Waals surface area contributed by atoms with Crippen LogP contribution in [-0.4, -0.2) is 42.7 Å². The van der Waals surface area contributed by atoms with Crippen molar-refractivity contribution in [2.24, 2.45) is 0 Å². The molecule has 6 heteroatoms. The van der Waals surface area contributed by atoms with E-state index in [1.165, 1.54) is 0 Å². The molecule has 0 N–H and O–H groups in total. The molecule has 4 nitrogen and oxygen atoms in total. The quantitative estimate of drug-likeness (QED) is 0.793. The van der Waals surface area contributed by atoms with Crippen molar-refractivity contribution in [2.45, 2.75) is 18.9 Å². The maximum atomic E-state index is 10.4. The summed E-state index contributed by atoms with van der Waals surface area (Å²) in [5.74, 6) is 0.669. The van der Waals surface area contributed by atoms with Gasteiger partial charge in [0.05, 0.1) is 0 Å². The number of hydrogen-bond donors (Lipinski definition) is 0. The number of halogens is 1. The van der Waals surface area contributed by atoms with Crippen LogP contribution in [0.15, 0.2) is 22.8 Å². The molecule has 0 aromatic carbocycles. The molecule has 0 radical (unpaired) electrons. The molecule has 1 aliphatic rings. The number of pyridine rings is 1. The zero-order valence-corrected chi connectivity index (χ0v) is 11.1. The Morgan fingerprint density at radius 3 is 2.82 bits per heavy atom. The fourth-order valence-electron chi connectivity index (χ4n) is 1.92. The van der Waals surface area contributed by atoms with Gasteiger partial charge in [-0.3, -0.25) is 0 Å². The Kier molecular flexibility index (Phi) is 4.68. The monoisotopic (exact) mass is 296 g/mol. The average molecular weight is 297 g/mol. The average Bonchev–Trinajstić information content (AvgIpc) is 2.35. The van der Waals surface area contributed by atoms with Crippen molar-refractivity contribution in [1.29, 1.82) is 0 Å². The number of nitrogens with zero attached hydrogens (tertiary/aromatic N) is 2. The summed E-state index contributed by atoms with van der Waals surface area (Å²) in [7, 11) is 0.956. The molecule has 90 valence electrons. The molecule has 1 aromatic heterocycles. The van der Waals surface area contributed by atoms with E-state index in [9.17, 15) is 4.70 Å². The third-order valence-corrected chi connectivity index (χ3v) is 3.32. The minimum absolute atomic E-state index is 0.214. The molecule has 0 amide bonds. The molecule has 1 saturated heterocycles. The molecule has 2 heterocycles. The predicted octanol–water partition coefficient (Wildman–Crippen LogP) is 1.69. The number of hydrogen-bond acceptors (Lipinski definition) is 4. The third kappa shape index (κ3) is 3.89. The molecule has 1 aromatic rings. The molecule has 0 atom stereocenters. The van der Waals surface area contributed by atoms with E-state index in [4.69, 9.17) is 4.74 Å². The van der Waals surface area contributed by atoms with Crippen molar-refractivity contribution in [3.8, 4) is 5.88 Å². The number of aromatic nitrogens is 1. The van der Waals surface area contributed by atoms with Crippen LogP contribution in [0.1, 0.15) is 12.8 Å². The van der Waals surface area contributed by atoms with Crippen LogP contribution in [0.3, 0.4) is 0 Å². The topological polar surface area (TPSA) is 42.4 Å². The van der Waals surface area contributed by atoms with Crippen molar-refractivity contribution in [3.63, 3.8) is 0 Å². The van der Waals surface area contributed by atoms with Crippen molar-refractivity contribution in [1.82, 2.24) is 9.88 Å². The first-order chi connectivity index (χ1) is 8.28. The van der Waals surface area contributed by atoms with Gasteiger partial charge in [-0.15, -0.1) is 0 Å². The molecule has 0 aliphatic carbocycles. The van der Waals surface area contributed by atoms with Crippen molar-refractivity contribution in [2.75, 3.05) is 19.5 Å². The van der Waals surface area contributed by atoms with Gasteiger partial charge in [0.2, 0.25) is 0 Å². The number of likely N-dealkylation sites (tertiary alicyclic amines) is 1. The standard InChI is InChI=1S/C11H14BBrN2O2/c13-9-1-2-11(14-7-9)17-10-3-5-15(6-4-10)8-12-16/h1-2,7,10H,3-6,8H2. The van der Waals surface area contributed by atoms with Crippen LogP contribution < -0.4 is 4.74 Å². The van der Waals surface area contributed by atoms with Crippen molar-refractivity contribution < 1.29 is 9.44 Å². The summed E-state index contributed by atoms with van der Waals surface area (Å²) >= 11 is 3.34. The fourth-order valence-corrected chi connectivity index (χ4v) is 2.15. The Morgan fingerprint density at radius 1 is 1.47 bits per heavy atom. The Morgan fingerprint density at radius 2 is 2.24 bits per heavy atom. The third-order valence-electron chi connectivity index (χ3n) is 2.86. The molecule has 0 spiro atoms. The van der Waals surface area contributed by atoms with Crippen LogP contribution in [0.25, 0.3) is 0 Å². The summed E-state index contributed by atoms with van der Waals surface area (Å²) in [5.41, 5.74) is 0. The van der Waals surface area contributed by atoms with Gasteiger partial charge in [-0.05, 0) is 0 Å². The van der Waals surface area contributed by atoms with E-state index in [0.29, 0.717) is 12.3 Å². The van der Waals surface area contributed by atoms with Crippen molar-refractivity contribution >= 4 is 23.1 Å². The Bertz CT molecular complexity index is 366. The molecule has 1 fully saturated rings. The summed E-state index contributed by atoms with van der Waals surface area (Å²) in [6.45, 7) is 1.83. The van der Waals surface area contributed by atoms with Gasteiger partial charge in [0.25, 0.3) is 0 Å². The molecular formula is C11H14BBrN2O2. The molecule has 0 saturated carbocycles. The van der Waals surface area contributed by atoms with Crippen molar-refractivity contribution in [3.05, 3.63) is 22.8 Å². The maximum absolute atomic E-state index is 10.4. The van der Waals surface area contributed by atoms with Gasteiger partial charge in [0.15, 0.2) is 0 Å². The minimum atomic E-state index is 0.214. The second-order valence-electron chi connectivity index (χ2n) is 4.10. The van der Waals surface area contributed by atoms with Crippen LogP contribution in [-0.2, 0) is 4.70 Å². The van der Waals surface area contributed by atoms with Gasteiger partial charge in [-0.2, -0.15) is 0 Å². The van der Waals surface area contributed by atoms with Crippen LogP contribution in [0.5, 0.6) is 5.88 Å². The summed E-state index contributed by atoms with van der Waals surface area (Å²) in [6.07, 6.45) is 4.38. The Labute approximate surface area is 110 Å². The second kappa shape index (κ2) is 6.26. The van der Waals surface area contributed by atoms with Gasteiger partial charge in [0, 0.05) is 0 Å². The van der Waals surface area contributed by atoms with E-state index < -0.39 is 0 Å². The summed E-state index contributed by atoms with van der Waals surface area (Å²) in [5, 5.41) is 0. The van der Waals surface area contributed by atoms with Crippen LogP contribution in [0.2, 0.25) is 0 Å².